The van der Waals surface area contributed by atoms with E-state index >= 15 is 0 Å². The Morgan fingerprint density at radius 1 is 1.24 bits per heavy atom. The van der Waals surface area contributed by atoms with E-state index in [-0.39, 0.29) is 11.1 Å². The highest BCUT2D eigenvalue weighted by Crippen LogP contribution is 2.22. The second kappa shape index (κ2) is 7.07. The molecule has 1 aromatic rings. The van der Waals surface area contributed by atoms with Crippen LogP contribution in [-0.2, 0) is 6.54 Å². The molecule has 0 unspecified atom stereocenters. The predicted molar refractivity (Wildman–Crippen MR) is 91.8 cm³/mol. The highest BCUT2D eigenvalue weighted by molar-refractivity contribution is 9.10. The maximum Gasteiger partial charge on any atom is 0.217 e. The summed E-state index contributed by atoms with van der Waals surface area (Å²) in [5.74, 6) is 0.699. The van der Waals surface area contributed by atoms with Crippen LogP contribution in [-0.4, -0.2) is 41.7 Å². The smallest absolute Gasteiger partial charge is 0.217 e. The van der Waals surface area contributed by atoms with Crippen LogP contribution in [0.3, 0.4) is 0 Å². The van der Waals surface area contributed by atoms with E-state index in [4.69, 9.17) is 4.74 Å². The van der Waals surface area contributed by atoms with E-state index in [1.807, 2.05) is 0 Å². The van der Waals surface area contributed by atoms with Crippen molar-refractivity contribution in [2.75, 3.05) is 20.7 Å². The number of likely N-dealkylation sites (N-methyl/N-ethyl adjacent to an activating group) is 1. The van der Waals surface area contributed by atoms with Gasteiger partial charge in [-0.25, -0.2) is 4.98 Å². The molecule has 0 fully saturated rings. The zero-order valence-corrected chi connectivity index (χ0v) is 15.8. The third kappa shape index (κ3) is 6.32. The summed E-state index contributed by atoms with van der Waals surface area (Å²) in [6.45, 7) is 12.1. The van der Waals surface area contributed by atoms with Crippen molar-refractivity contribution in [3.05, 3.63) is 22.3 Å². The molecule has 0 saturated heterocycles. The van der Waals surface area contributed by atoms with Gasteiger partial charge in [0.25, 0.3) is 0 Å². The minimum atomic E-state index is -0.0382. The molecule has 0 amide bonds. The maximum atomic E-state index is 5.97. The number of nitrogens with zero attached hydrogens (tertiary/aromatic N) is 2. The second-order valence-electron chi connectivity index (χ2n) is 7.22. The standard InChI is InChI=1S/C16H28BrN3O/c1-15(2,3)19-9-12-8-13(17)10-18-14(12)21-11-16(4,5)20(6)7/h8,10,19H,9,11H2,1-7H3. The van der Waals surface area contributed by atoms with Crippen molar-refractivity contribution < 1.29 is 4.74 Å². The van der Waals surface area contributed by atoms with E-state index in [2.05, 4.69) is 85.9 Å². The zero-order valence-electron chi connectivity index (χ0n) is 14.2. The fourth-order valence-corrected chi connectivity index (χ4v) is 1.84. The normalized spacial score (nSPS) is 12.8. The summed E-state index contributed by atoms with van der Waals surface area (Å²) >= 11 is 3.48. The molecular weight excluding hydrogens is 330 g/mol. The number of nitrogens with one attached hydrogen (secondary N) is 1. The Morgan fingerprint density at radius 2 is 1.86 bits per heavy atom. The molecule has 1 rings (SSSR count). The highest BCUT2D eigenvalue weighted by Gasteiger charge is 2.22. The molecular formula is C16H28BrN3O. The molecule has 5 heteroatoms. The molecule has 0 spiro atoms. The summed E-state index contributed by atoms with van der Waals surface area (Å²) < 4.78 is 6.94. The topological polar surface area (TPSA) is 37.4 Å². The van der Waals surface area contributed by atoms with E-state index in [1.54, 1.807) is 6.20 Å². The lowest BCUT2D eigenvalue weighted by Crippen LogP contribution is -2.43. The molecule has 0 aromatic carbocycles. The Hall–Kier alpha value is -0.650. The molecule has 0 atom stereocenters. The largest absolute Gasteiger partial charge is 0.475 e. The van der Waals surface area contributed by atoms with E-state index < -0.39 is 0 Å². The fraction of sp³-hybridized carbons (Fsp3) is 0.688. The fourth-order valence-electron chi connectivity index (χ4n) is 1.46. The lowest BCUT2D eigenvalue weighted by Gasteiger charge is -2.32. The summed E-state index contributed by atoms with van der Waals surface area (Å²) in [6, 6.07) is 2.06. The van der Waals surface area contributed by atoms with Crippen LogP contribution in [0, 0.1) is 0 Å². The van der Waals surface area contributed by atoms with Gasteiger partial charge in [0.1, 0.15) is 6.61 Å². The summed E-state index contributed by atoms with van der Waals surface area (Å²) in [6.07, 6.45) is 1.78. The van der Waals surface area contributed by atoms with Crippen molar-refractivity contribution in [3.8, 4) is 5.88 Å². The van der Waals surface area contributed by atoms with Crippen molar-refractivity contribution in [1.82, 2.24) is 15.2 Å². The SMILES string of the molecule is CN(C)C(C)(C)COc1ncc(Br)cc1CNC(C)(C)C. The third-order valence-corrected chi connectivity index (χ3v) is 3.91. The van der Waals surface area contributed by atoms with Crippen LogP contribution in [0.25, 0.3) is 0 Å². The lowest BCUT2D eigenvalue weighted by molar-refractivity contribution is 0.110. The molecule has 21 heavy (non-hydrogen) atoms. The lowest BCUT2D eigenvalue weighted by atomic mass is 10.1. The van der Waals surface area contributed by atoms with Gasteiger partial charge in [-0.05, 0) is 70.7 Å². The van der Waals surface area contributed by atoms with E-state index in [1.165, 1.54) is 0 Å². The zero-order chi connectivity index (χ0) is 16.3. The molecule has 0 aliphatic rings. The van der Waals surface area contributed by atoms with Crippen LogP contribution in [0.4, 0.5) is 0 Å². The van der Waals surface area contributed by atoms with Gasteiger partial charge in [-0.2, -0.15) is 0 Å². The van der Waals surface area contributed by atoms with E-state index in [0.717, 1.165) is 16.6 Å². The first-order chi connectivity index (χ1) is 9.51. The van der Waals surface area contributed by atoms with Gasteiger partial charge in [-0.3, -0.25) is 0 Å². The Bertz CT molecular complexity index is 467. The molecule has 0 radical (unpaired) electrons. The number of pyridine rings is 1. The number of hydrogen-bond acceptors (Lipinski definition) is 4. The minimum Gasteiger partial charge on any atom is -0.475 e. The van der Waals surface area contributed by atoms with Crippen molar-refractivity contribution in [1.29, 1.82) is 0 Å². The first kappa shape index (κ1) is 18.4. The van der Waals surface area contributed by atoms with Crippen LogP contribution >= 0.6 is 15.9 Å². The first-order valence-electron chi connectivity index (χ1n) is 7.21. The molecule has 0 aliphatic heterocycles. The average Bonchev–Trinajstić information content (AvgIpc) is 2.34. The van der Waals surface area contributed by atoms with Crippen LogP contribution < -0.4 is 10.1 Å². The molecule has 0 saturated carbocycles. The number of rotatable bonds is 6. The van der Waals surface area contributed by atoms with Crippen molar-refractivity contribution >= 4 is 15.9 Å². The van der Waals surface area contributed by atoms with Gasteiger partial charge in [0, 0.05) is 33.9 Å². The molecule has 1 heterocycles. The van der Waals surface area contributed by atoms with Gasteiger partial charge in [0.2, 0.25) is 5.88 Å². The predicted octanol–water partition coefficient (Wildman–Crippen LogP) is 3.45. The Morgan fingerprint density at radius 3 is 2.38 bits per heavy atom. The molecule has 0 bridgehead atoms. The summed E-state index contributed by atoms with van der Waals surface area (Å²) in [5, 5.41) is 3.47. The molecule has 1 N–H and O–H groups in total. The summed E-state index contributed by atoms with van der Waals surface area (Å²) in [7, 11) is 4.11. The monoisotopic (exact) mass is 357 g/mol. The van der Waals surface area contributed by atoms with Gasteiger partial charge >= 0.3 is 0 Å². The van der Waals surface area contributed by atoms with Crippen LogP contribution in [0.5, 0.6) is 5.88 Å². The average molecular weight is 358 g/mol. The maximum absolute atomic E-state index is 5.97. The van der Waals surface area contributed by atoms with Gasteiger partial charge in [0.15, 0.2) is 0 Å². The van der Waals surface area contributed by atoms with Crippen molar-refractivity contribution in [2.24, 2.45) is 0 Å². The van der Waals surface area contributed by atoms with Gasteiger partial charge in [-0.1, -0.05) is 0 Å². The Labute approximate surface area is 137 Å². The second-order valence-corrected chi connectivity index (χ2v) is 8.13. The molecule has 0 aliphatic carbocycles. The Kier molecular flexibility index (Phi) is 6.20. The molecule has 120 valence electrons. The molecule has 1 aromatic heterocycles. The minimum absolute atomic E-state index is 0.0382. The quantitative estimate of drug-likeness (QED) is 0.845. The first-order valence-corrected chi connectivity index (χ1v) is 8.00. The summed E-state index contributed by atoms with van der Waals surface area (Å²) in [4.78, 5) is 6.57. The highest BCUT2D eigenvalue weighted by atomic mass is 79.9. The number of hydrogen-bond donors (Lipinski definition) is 1. The van der Waals surface area contributed by atoms with Crippen LogP contribution in [0.2, 0.25) is 0 Å². The van der Waals surface area contributed by atoms with Crippen LogP contribution in [0.1, 0.15) is 40.2 Å². The molecule has 4 nitrogen and oxygen atoms in total. The van der Waals surface area contributed by atoms with Crippen LogP contribution in [0.15, 0.2) is 16.7 Å². The van der Waals surface area contributed by atoms with E-state index in [9.17, 15) is 0 Å². The van der Waals surface area contributed by atoms with E-state index in [0.29, 0.717) is 12.5 Å². The number of aromatic nitrogens is 1. The van der Waals surface area contributed by atoms with Gasteiger partial charge in [0.05, 0.1) is 0 Å². The van der Waals surface area contributed by atoms with Crippen molar-refractivity contribution in [2.45, 2.75) is 52.2 Å². The number of ether oxygens (including phenoxy) is 1. The van der Waals surface area contributed by atoms with Gasteiger partial charge in [-0.15, -0.1) is 0 Å². The third-order valence-electron chi connectivity index (χ3n) is 3.47. The summed E-state index contributed by atoms with van der Waals surface area (Å²) in [5.41, 5.74) is 1.08. The Balaban J connectivity index is 2.82. The van der Waals surface area contributed by atoms with Crippen molar-refractivity contribution in [3.63, 3.8) is 0 Å². The van der Waals surface area contributed by atoms with Gasteiger partial charge < -0.3 is 15.0 Å². The number of halogens is 1.